The van der Waals surface area contributed by atoms with Crippen molar-refractivity contribution in [1.29, 1.82) is 0 Å². The zero-order chi connectivity index (χ0) is 20.9. The Kier molecular flexibility index (Phi) is 7.07. The van der Waals surface area contributed by atoms with Crippen LogP contribution in [0.2, 0.25) is 0 Å². The van der Waals surface area contributed by atoms with Gasteiger partial charge in [0.25, 0.3) is 0 Å². The van der Waals surface area contributed by atoms with E-state index in [2.05, 4.69) is 40.2 Å². The number of likely N-dealkylation sites (tertiary alicyclic amines) is 2. The molecule has 8 heteroatoms. The zero-order valence-corrected chi connectivity index (χ0v) is 18.5. The van der Waals surface area contributed by atoms with Gasteiger partial charge < -0.3 is 14.9 Å². The second kappa shape index (κ2) is 9.94. The molecule has 2 fully saturated rings. The molecular weight excluding hydrogens is 418 g/mol. The standard InChI is InChI=1S/C22H27N3O3S2/c26-20-7-6-18(25(20)12-13-29-22-23-19(15-30-22)21(27)28)14-24-10-8-17(9-11-24)16-4-2-1-3-5-16/h1-5,15,17-18H,6-14H2,(H,27,28). The molecule has 1 N–H and O–H groups in total. The number of carbonyl (C=O) groups is 2. The molecule has 2 saturated heterocycles. The first kappa shape index (κ1) is 21.3. The van der Waals surface area contributed by atoms with Crippen LogP contribution in [-0.4, -0.2) is 69.7 Å². The van der Waals surface area contributed by atoms with Crippen LogP contribution in [0.1, 0.15) is 47.7 Å². The molecule has 3 heterocycles. The smallest absolute Gasteiger partial charge is 0.355 e. The lowest BCUT2D eigenvalue weighted by molar-refractivity contribution is -0.128. The second-order valence-corrected chi connectivity index (χ2v) is 10.1. The highest BCUT2D eigenvalue weighted by Gasteiger charge is 2.33. The van der Waals surface area contributed by atoms with Crippen LogP contribution in [-0.2, 0) is 4.79 Å². The number of rotatable bonds is 8. The molecule has 1 aromatic heterocycles. The predicted octanol–water partition coefficient (Wildman–Crippen LogP) is 3.80. The van der Waals surface area contributed by atoms with E-state index in [0.717, 1.165) is 36.1 Å². The number of aromatic carboxylic acids is 1. The van der Waals surface area contributed by atoms with Crippen LogP contribution in [0.3, 0.4) is 0 Å². The summed E-state index contributed by atoms with van der Waals surface area (Å²) >= 11 is 2.88. The normalized spacial score (nSPS) is 20.7. The number of piperidine rings is 1. The van der Waals surface area contributed by atoms with E-state index in [1.165, 1.54) is 41.5 Å². The number of amides is 1. The number of carboxylic acid groups (broad SMARTS) is 1. The van der Waals surface area contributed by atoms with Crippen LogP contribution in [0.15, 0.2) is 40.1 Å². The highest BCUT2D eigenvalue weighted by atomic mass is 32.2. The summed E-state index contributed by atoms with van der Waals surface area (Å²) < 4.78 is 0.749. The maximum atomic E-state index is 12.4. The minimum absolute atomic E-state index is 0.0940. The molecular formula is C22H27N3O3S2. The van der Waals surface area contributed by atoms with Crippen LogP contribution < -0.4 is 0 Å². The van der Waals surface area contributed by atoms with Gasteiger partial charge in [0.05, 0.1) is 0 Å². The zero-order valence-electron chi connectivity index (χ0n) is 16.9. The lowest BCUT2D eigenvalue weighted by Gasteiger charge is -2.36. The van der Waals surface area contributed by atoms with Crippen molar-refractivity contribution in [3.8, 4) is 0 Å². The summed E-state index contributed by atoms with van der Waals surface area (Å²) in [6.45, 7) is 3.82. The molecule has 1 atom stereocenters. The molecule has 1 unspecified atom stereocenters. The third kappa shape index (κ3) is 5.22. The molecule has 1 aromatic carbocycles. The summed E-state index contributed by atoms with van der Waals surface area (Å²) in [7, 11) is 0. The SMILES string of the molecule is O=C(O)c1csc(SCCN2C(=O)CCC2CN2CCC(c3ccccc3)CC2)n1. The summed E-state index contributed by atoms with van der Waals surface area (Å²) in [6.07, 6.45) is 3.92. The topological polar surface area (TPSA) is 73.7 Å². The van der Waals surface area contributed by atoms with Gasteiger partial charge in [0, 0.05) is 36.7 Å². The van der Waals surface area contributed by atoms with Gasteiger partial charge in [0.1, 0.15) is 0 Å². The van der Waals surface area contributed by atoms with Crippen molar-refractivity contribution in [2.75, 3.05) is 31.9 Å². The molecule has 2 aromatic rings. The summed E-state index contributed by atoms with van der Waals surface area (Å²) in [6, 6.07) is 11.1. The number of hydrogen-bond acceptors (Lipinski definition) is 6. The number of nitrogens with zero attached hydrogens (tertiary/aromatic N) is 3. The Labute approximate surface area is 185 Å². The highest BCUT2D eigenvalue weighted by Crippen LogP contribution is 2.29. The number of carboxylic acids is 1. The maximum Gasteiger partial charge on any atom is 0.355 e. The molecule has 0 saturated carbocycles. The van der Waals surface area contributed by atoms with Crippen LogP contribution in [0, 0.1) is 0 Å². The lowest BCUT2D eigenvalue weighted by Crippen LogP contribution is -2.45. The first-order chi connectivity index (χ1) is 14.6. The number of carbonyl (C=O) groups excluding carboxylic acids is 1. The Bertz CT molecular complexity index is 866. The lowest BCUT2D eigenvalue weighted by atomic mass is 9.89. The van der Waals surface area contributed by atoms with Gasteiger partial charge in [-0.2, -0.15) is 0 Å². The minimum atomic E-state index is -0.996. The molecule has 0 radical (unpaired) electrons. The highest BCUT2D eigenvalue weighted by molar-refractivity contribution is 8.01. The number of thioether (sulfide) groups is 1. The Hall–Kier alpha value is -1.90. The third-order valence-corrected chi connectivity index (χ3v) is 8.04. The first-order valence-corrected chi connectivity index (χ1v) is 12.3. The Morgan fingerprint density at radius 3 is 2.67 bits per heavy atom. The number of aromatic nitrogens is 1. The van der Waals surface area contributed by atoms with E-state index in [4.69, 9.17) is 5.11 Å². The van der Waals surface area contributed by atoms with Crippen molar-refractivity contribution >= 4 is 35.0 Å². The predicted molar refractivity (Wildman–Crippen MR) is 119 cm³/mol. The van der Waals surface area contributed by atoms with Gasteiger partial charge in [-0.05, 0) is 43.8 Å². The van der Waals surface area contributed by atoms with Gasteiger partial charge in [-0.3, -0.25) is 4.79 Å². The number of thiazole rings is 1. The monoisotopic (exact) mass is 445 g/mol. The minimum Gasteiger partial charge on any atom is -0.476 e. The summed E-state index contributed by atoms with van der Waals surface area (Å²) in [5.41, 5.74) is 1.54. The van der Waals surface area contributed by atoms with Gasteiger partial charge in [-0.15, -0.1) is 11.3 Å². The van der Waals surface area contributed by atoms with E-state index >= 15 is 0 Å². The molecule has 0 bridgehead atoms. The van der Waals surface area contributed by atoms with Crippen LogP contribution in [0.4, 0.5) is 0 Å². The van der Waals surface area contributed by atoms with Gasteiger partial charge in [0.2, 0.25) is 5.91 Å². The van der Waals surface area contributed by atoms with Gasteiger partial charge in [-0.1, -0.05) is 42.1 Å². The molecule has 30 heavy (non-hydrogen) atoms. The van der Waals surface area contributed by atoms with Crippen molar-refractivity contribution in [1.82, 2.24) is 14.8 Å². The van der Waals surface area contributed by atoms with E-state index in [-0.39, 0.29) is 17.6 Å². The van der Waals surface area contributed by atoms with Gasteiger partial charge >= 0.3 is 5.97 Å². The fraction of sp³-hybridized carbons (Fsp3) is 0.500. The first-order valence-electron chi connectivity index (χ1n) is 10.5. The number of hydrogen-bond donors (Lipinski definition) is 1. The molecule has 6 nitrogen and oxygen atoms in total. The molecule has 4 rings (SSSR count). The van der Waals surface area contributed by atoms with E-state index in [0.29, 0.717) is 18.9 Å². The van der Waals surface area contributed by atoms with Crippen LogP contribution >= 0.6 is 23.1 Å². The second-order valence-electron chi connectivity index (χ2n) is 7.92. The van der Waals surface area contributed by atoms with Crippen molar-refractivity contribution < 1.29 is 14.7 Å². The van der Waals surface area contributed by atoms with Crippen molar-refractivity contribution in [3.63, 3.8) is 0 Å². The number of benzene rings is 1. The largest absolute Gasteiger partial charge is 0.476 e. The molecule has 2 aliphatic heterocycles. The van der Waals surface area contributed by atoms with E-state index < -0.39 is 5.97 Å². The maximum absolute atomic E-state index is 12.4. The van der Waals surface area contributed by atoms with Crippen molar-refractivity contribution in [3.05, 3.63) is 47.0 Å². The summed E-state index contributed by atoms with van der Waals surface area (Å²) in [5, 5.41) is 10.5. The fourth-order valence-corrected chi connectivity index (χ4v) is 6.22. The summed E-state index contributed by atoms with van der Waals surface area (Å²) in [5.74, 6) is 0.633. The van der Waals surface area contributed by atoms with E-state index in [1.807, 2.05) is 4.90 Å². The van der Waals surface area contributed by atoms with E-state index in [9.17, 15) is 9.59 Å². The van der Waals surface area contributed by atoms with Crippen molar-refractivity contribution in [2.45, 2.75) is 42.0 Å². The third-order valence-electron chi connectivity index (χ3n) is 6.04. The Balaban J connectivity index is 1.24. The Morgan fingerprint density at radius 2 is 1.97 bits per heavy atom. The summed E-state index contributed by atoms with van der Waals surface area (Å²) in [4.78, 5) is 32.0. The molecule has 0 spiro atoms. The molecule has 0 aliphatic carbocycles. The van der Waals surface area contributed by atoms with Crippen molar-refractivity contribution in [2.24, 2.45) is 0 Å². The average molecular weight is 446 g/mol. The average Bonchev–Trinajstić information content (AvgIpc) is 3.37. The van der Waals surface area contributed by atoms with Gasteiger partial charge in [-0.25, -0.2) is 9.78 Å². The van der Waals surface area contributed by atoms with Crippen LogP contribution in [0.5, 0.6) is 0 Å². The molecule has 160 valence electrons. The fourth-order valence-electron chi connectivity index (χ4n) is 4.42. The quantitative estimate of drug-likeness (QED) is 0.623. The molecule has 1 amide bonds. The Morgan fingerprint density at radius 1 is 1.20 bits per heavy atom. The molecule has 2 aliphatic rings. The van der Waals surface area contributed by atoms with E-state index in [1.54, 1.807) is 5.38 Å². The van der Waals surface area contributed by atoms with Crippen LogP contribution in [0.25, 0.3) is 0 Å². The van der Waals surface area contributed by atoms with Gasteiger partial charge in [0.15, 0.2) is 10.0 Å².